The summed E-state index contributed by atoms with van der Waals surface area (Å²) in [6.07, 6.45) is 5.98. The lowest BCUT2D eigenvalue weighted by molar-refractivity contribution is -0.384. The topological polar surface area (TPSA) is 73.0 Å². The average molecular weight is 250 g/mol. The maximum atomic E-state index is 11.2. The largest absolute Gasteiger partial charge is 0.361 e. The van der Waals surface area contributed by atoms with Crippen molar-refractivity contribution in [2.75, 3.05) is 5.32 Å². The van der Waals surface area contributed by atoms with Crippen LogP contribution in [0.4, 0.5) is 11.5 Å². The van der Waals surface area contributed by atoms with Crippen molar-refractivity contribution in [1.29, 1.82) is 0 Å². The van der Waals surface area contributed by atoms with Gasteiger partial charge in [-0.25, -0.2) is 4.68 Å². The molecule has 0 aliphatic heterocycles. The van der Waals surface area contributed by atoms with E-state index in [0.29, 0.717) is 11.5 Å². The van der Waals surface area contributed by atoms with Crippen molar-refractivity contribution in [2.24, 2.45) is 7.05 Å². The molecule has 1 aliphatic rings. The van der Waals surface area contributed by atoms with Crippen molar-refractivity contribution < 1.29 is 4.92 Å². The van der Waals surface area contributed by atoms with E-state index in [9.17, 15) is 10.1 Å². The minimum Gasteiger partial charge on any atom is -0.361 e. The van der Waals surface area contributed by atoms with Crippen LogP contribution in [0.5, 0.6) is 0 Å². The SMILES string of the molecule is CC(C)c1nn(C)c(NC2CC=CC2)c1[N+](=O)[O-]. The number of hydrogen-bond acceptors (Lipinski definition) is 4. The van der Waals surface area contributed by atoms with Crippen molar-refractivity contribution >= 4 is 11.5 Å². The Kier molecular flexibility index (Phi) is 3.36. The summed E-state index contributed by atoms with van der Waals surface area (Å²) in [5.41, 5.74) is 0.648. The van der Waals surface area contributed by atoms with Crippen LogP contribution in [0.15, 0.2) is 12.2 Å². The van der Waals surface area contributed by atoms with Crippen molar-refractivity contribution in [3.05, 3.63) is 28.0 Å². The first-order valence-electron chi connectivity index (χ1n) is 6.13. The fourth-order valence-electron chi connectivity index (χ4n) is 2.19. The van der Waals surface area contributed by atoms with Crippen LogP contribution in [0.25, 0.3) is 0 Å². The van der Waals surface area contributed by atoms with E-state index in [2.05, 4.69) is 22.6 Å². The maximum absolute atomic E-state index is 11.2. The Morgan fingerprint density at radius 1 is 1.50 bits per heavy atom. The van der Waals surface area contributed by atoms with Gasteiger partial charge in [0.05, 0.1) is 4.92 Å². The first-order valence-corrected chi connectivity index (χ1v) is 6.13. The molecule has 98 valence electrons. The highest BCUT2D eigenvalue weighted by Gasteiger charge is 2.29. The van der Waals surface area contributed by atoms with Gasteiger partial charge in [-0.2, -0.15) is 5.10 Å². The molecule has 18 heavy (non-hydrogen) atoms. The van der Waals surface area contributed by atoms with Crippen molar-refractivity contribution in [3.8, 4) is 0 Å². The number of hydrogen-bond donors (Lipinski definition) is 1. The molecule has 0 unspecified atom stereocenters. The van der Waals surface area contributed by atoms with Gasteiger partial charge in [0.25, 0.3) is 0 Å². The van der Waals surface area contributed by atoms with Gasteiger partial charge >= 0.3 is 5.69 Å². The van der Waals surface area contributed by atoms with Crippen LogP contribution >= 0.6 is 0 Å². The van der Waals surface area contributed by atoms with E-state index in [4.69, 9.17) is 0 Å². The monoisotopic (exact) mass is 250 g/mol. The second kappa shape index (κ2) is 4.80. The number of nitro groups is 1. The Morgan fingerprint density at radius 2 is 2.11 bits per heavy atom. The molecule has 0 saturated heterocycles. The first kappa shape index (κ1) is 12.6. The molecular weight excluding hydrogens is 232 g/mol. The second-order valence-electron chi connectivity index (χ2n) is 4.90. The molecule has 1 aromatic rings. The molecule has 0 radical (unpaired) electrons. The molecule has 1 aromatic heterocycles. The lowest BCUT2D eigenvalue weighted by atomic mass is 10.1. The zero-order valence-electron chi connectivity index (χ0n) is 10.9. The van der Waals surface area contributed by atoms with Gasteiger partial charge < -0.3 is 5.32 Å². The number of rotatable bonds is 4. The molecular formula is C12H18N4O2. The smallest absolute Gasteiger partial charge is 0.334 e. The van der Waals surface area contributed by atoms with Crippen LogP contribution in [0.3, 0.4) is 0 Å². The highest BCUT2D eigenvalue weighted by Crippen LogP contribution is 2.34. The first-order chi connectivity index (χ1) is 8.50. The molecule has 0 bridgehead atoms. The van der Waals surface area contributed by atoms with E-state index >= 15 is 0 Å². The van der Waals surface area contributed by atoms with Crippen LogP contribution in [0.1, 0.15) is 38.3 Å². The standard InChI is InChI=1S/C12H18N4O2/c1-8(2)10-11(16(17)18)12(15(3)14-10)13-9-6-4-5-7-9/h4-5,8-9,13H,6-7H2,1-3H3. The molecule has 1 N–H and O–H groups in total. The fourth-order valence-corrected chi connectivity index (χ4v) is 2.19. The van der Waals surface area contributed by atoms with Crippen LogP contribution in [0, 0.1) is 10.1 Å². The Labute approximate surface area is 106 Å². The Bertz CT molecular complexity index is 483. The molecule has 0 fully saturated rings. The number of aryl methyl sites for hydroxylation is 1. The lowest BCUT2D eigenvalue weighted by Crippen LogP contribution is -2.18. The molecule has 6 heteroatoms. The Balaban J connectivity index is 2.35. The fraction of sp³-hybridized carbons (Fsp3) is 0.583. The zero-order valence-corrected chi connectivity index (χ0v) is 10.9. The molecule has 1 aliphatic carbocycles. The van der Waals surface area contributed by atoms with Gasteiger partial charge in [0.15, 0.2) is 0 Å². The summed E-state index contributed by atoms with van der Waals surface area (Å²) in [6, 6.07) is 0.235. The molecule has 0 amide bonds. The van der Waals surface area contributed by atoms with Crippen molar-refractivity contribution in [2.45, 2.75) is 38.6 Å². The normalized spacial score (nSPS) is 15.6. The van der Waals surface area contributed by atoms with Gasteiger partial charge in [0, 0.05) is 19.0 Å². The van der Waals surface area contributed by atoms with Crippen LogP contribution in [-0.2, 0) is 7.05 Å². The van der Waals surface area contributed by atoms with Gasteiger partial charge in [0.2, 0.25) is 5.82 Å². The Hall–Kier alpha value is -1.85. The quantitative estimate of drug-likeness (QED) is 0.506. The van der Waals surface area contributed by atoms with E-state index in [-0.39, 0.29) is 22.6 Å². The minimum absolute atomic E-state index is 0.0360. The van der Waals surface area contributed by atoms with Crippen molar-refractivity contribution in [3.63, 3.8) is 0 Å². The molecule has 0 atom stereocenters. The van der Waals surface area contributed by atoms with E-state index in [0.717, 1.165) is 12.8 Å². The summed E-state index contributed by atoms with van der Waals surface area (Å²) in [4.78, 5) is 10.9. The summed E-state index contributed by atoms with van der Waals surface area (Å²) in [5.74, 6) is 0.547. The predicted molar refractivity (Wildman–Crippen MR) is 69.7 cm³/mol. The molecule has 1 heterocycles. The van der Waals surface area contributed by atoms with Gasteiger partial charge in [0.1, 0.15) is 5.69 Å². The average Bonchev–Trinajstić information content (AvgIpc) is 2.88. The summed E-state index contributed by atoms with van der Waals surface area (Å²) < 4.78 is 1.58. The van der Waals surface area contributed by atoms with E-state index in [1.807, 2.05) is 13.8 Å². The number of aromatic nitrogens is 2. The van der Waals surface area contributed by atoms with Crippen LogP contribution in [-0.4, -0.2) is 20.7 Å². The van der Waals surface area contributed by atoms with Gasteiger partial charge in [-0.15, -0.1) is 0 Å². The predicted octanol–water partition coefficient (Wildman–Crippen LogP) is 2.58. The molecule has 0 saturated carbocycles. The van der Waals surface area contributed by atoms with Gasteiger partial charge in [-0.3, -0.25) is 10.1 Å². The van der Waals surface area contributed by atoms with E-state index < -0.39 is 0 Å². The number of nitrogens with one attached hydrogen (secondary N) is 1. The Morgan fingerprint density at radius 3 is 2.61 bits per heavy atom. The maximum Gasteiger partial charge on any atom is 0.334 e. The molecule has 0 aromatic carbocycles. The third-order valence-electron chi connectivity index (χ3n) is 3.13. The summed E-state index contributed by atoms with van der Waals surface area (Å²) in [7, 11) is 1.74. The number of anilines is 1. The number of nitrogens with zero attached hydrogens (tertiary/aromatic N) is 3. The van der Waals surface area contributed by atoms with E-state index in [1.54, 1.807) is 11.7 Å². The summed E-state index contributed by atoms with van der Waals surface area (Å²) >= 11 is 0. The molecule has 6 nitrogen and oxygen atoms in total. The minimum atomic E-state index is -0.340. The highest BCUT2D eigenvalue weighted by atomic mass is 16.6. The third kappa shape index (κ3) is 2.23. The van der Waals surface area contributed by atoms with Crippen LogP contribution in [0.2, 0.25) is 0 Å². The second-order valence-corrected chi connectivity index (χ2v) is 4.90. The lowest BCUT2D eigenvalue weighted by Gasteiger charge is -2.12. The van der Waals surface area contributed by atoms with Gasteiger partial charge in [-0.05, 0) is 12.8 Å². The zero-order chi connectivity index (χ0) is 13.3. The highest BCUT2D eigenvalue weighted by molar-refractivity contribution is 5.61. The van der Waals surface area contributed by atoms with Crippen LogP contribution < -0.4 is 5.32 Å². The molecule has 2 rings (SSSR count). The van der Waals surface area contributed by atoms with Crippen molar-refractivity contribution in [1.82, 2.24) is 9.78 Å². The molecule has 0 spiro atoms. The van der Waals surface area contributed by atoms with E-state index in [1.165, 1.54) is 0 Å². The third-order valence-corrected chi connectivity index (χ3v) is 3.13. The van der Waals surface area contributed by atoms with Gasteiger partial charge in [-0.1, -0.05) is 26.0 Å². The summed E-state index contributed by atoms with van der Waals surface area (Å²) in [6.45, 7) is 3.83. The summed E-state index contributed by atoms with van der Waals surface area (Å²) in [5, 5.41) is 18.7.